The molecule has 0 saturated heterocycles. The van der Waals surface area contributed by atoms with E-state index in [0.717, 1.165) is 24.8 Å². The van der Waals surface area contributed by atoms with E-state index in [1.807, 2.05) is 12.4 Å². The standard InChI is InChI=1S/C23H32N2O/c1-18-6-4-8-22(14-18)26-23-9-5-7-21(15-23)19(2)16-25(3)17-20-10-12-24-13-11-20/h4,6,8,10-14,19,21,23H,5,7,9,15-17H2,1-3H3/t19-,21+,23-/m1/s1. The van der Waals surface area contributed by atoms with Crippen LogP contribution in [-0.4, -0.2) is 29.6 Å². The third kappa shape index (κ3) is 5.57. The van der Waals surface area contributed by atoms with Crippen LogP contribution in [0.1, 0.15) is 43.7 Å². The van der Waals surface area contributed by atoms with Crippen molar-refractivity contribution in [3.05, 3.63) is 59.9 Å². The first-order valence-corrected chi connectivity index (χ1v) is 9.91. The van der Waals surface area contributed by atoms with E-state index >= 15 is 0 Å². The van der Waals surface area contributed by atoms with Crippen molar-refractivity contribution in [2.24, 2.45) is 11.8 Å². The summed E-state index contributed by atoms with van der Waals surface area (Å²) in [7, 11) is 2.22. The van der Waals surface area contributed by atoms with Gasteiger partial charge in [-0.15, -0.1) is 0 Å². The summed E-state index contributed by atoms with van der Waals surface area (Å²) < 4.78 is 6.30. The first-order chi connectivity index (χ1) is 12.6. The van der Waals surface area contributed by atoms with E-state index in [1.54, 1.807) is 0 Å². The lowest BCUT2D eigenvalue weighted by molar-refractivity contribution is 0.0913. The molecular formula is C23H32N2O. The average molecular weight is 353 g/mol. The smallest absolute Gasteiger partial charge is 0.119 e. The molecule has 1 aromatic carbocycles. The van der Waals surface area contributed by atoms with Gasteiger partial charge in [-0.2, -0.15) is 0 Å². The first-order valence-electron chi connectivity index (χ1n) is 9.91. The van der Waals surface area contributed by atoms with E-state index in [4.69, 9.17) is 4.74 Å². The maximum atomic E-state index is 6.30. The molecule has 3 nitrogen and oxygen atoms in total. The van der Waals surface area contributed by atoms with Crippen molar-refractivity contribution in [1.82, 2.24) is 9.88 Å². The number of aromatic nitrogens is 1. The molecule has 140 valence electrons. The topological polar surface area (TPSA) is 25.4 Å². The maximum absolute atomic E-state index is 6.30. The van der Waals surface area contributed by atoms with Crippen molar-refractivity contribution in [3.63, 3.8) is 0 Å². The second kappa shape index (κ2) is 9.18. The number of nitrogens with zero attached hydrogens (tertiary/aromatic N) is 2. The first kappa shape index (κ1) is 18.9. The molecule has 0 spiro atoms. The van der Waals surface area contributed by atoms with Gasteiger partial charge in [-0.3, -0.25) is 4.98 Å². The fraction of sp³-hybridized carbons (Fsp3) is 0.522. The number of benzene rings is 1. The van der Waals surface area contributed by atoms with Gasteiger partial charge in [-0.05, 0) is 86.9 Å². The molecule has 1 aromatic heterocycles. The highest BCUT2D eigenvalue weighted by Crippen LogP contribution is 2.33. The zero-order valence-electron chi connectivity index (χ0n) is 16.4. The lowest BCUT2D eigenvalue weighted by atomic mass is 9.79. The molecule has 3 heteroatoms. The highest BCUT2D eigenvalue weighted by molar-refractivity contribution is 5.27. The Morgan fingerprint density at radius 2 is 2.00 bits per heavy atom. The Morgan fingerprint density at radius 1 is 1.19 bits per heavy atom. The minimum Gasteiger partial charge on any atom is -0.490 e. The lowest BCUT2D eigenvalue weighted by Crippen LogP contribution is -2.33. The Balaban J connectivity index is 1.50. The predicted molar refractivity (Wildman–Crippen MR) is 107 cm³/mol. The Kier molecular flexibility index (Phi) is 6.67. The number of aryl methyl sites for hydroxylation is 1. The van der Waals surface area contributed by atoms with Gasteiger partial charge >= 0.3 is 0 Å². The molecule has 0 aliphatic heterocycles. The molecule has 0 N–H and O–H groups in total. The SMILES string of the molecule is Cc1cccc(O[C@@H]2CCC[C@H]([C@H](C)CN(C)Cc3ccncc3)C2)c1. The molecule has 26 heavy (non-hydrogen) atoms. The van der Waals surface area contributed by atoms with Gasteiger partial charge in [-0.1, -0.05) is 19.1 Å². The fourth-order valence-electron chi connectivity index (χ4n) is 4.19. The maximum Gasteiger partial charge on any atom is 0.119 e. The minimum atomic E-state index is 0.364. The van der Waals surface area contributed by atoms with Crippen molar-refractivity contribution in [2.75, 3.05) is 13.6 Å². The van der Waals surface area contributed by atoms with E-state index < -0.39 is 0 Å². The third-order valence-electron chi connectivity index (χ3n) is 5.57. The van der Waals surface area contributed by atoms with Crippen LogP contribution in [-0.2, 0) is 6.54 Å². The van der Waals surface area contributed by atoms with E-state index in [9.17, 15) is 0 Å². The quantitative estimate of drug-likeness (QED) is 0.693. The van der Waals surface area contributed by atoms with E-state index in [0.29, 0.717) is 12.0 Å². The summed E-state index contributed by atoms with van der Waals surface area (Å²) in [6, 6.07) is 12.7. The summed E-state index contributed by atoms with van der Waals surface area (Å²) >= 11 is 0. The van der Waals surface area contributed by atoms with Crippen LogP contribution < -0.4 is 4.74 Å². The van der Waals surface area contributed by atoms with Crippen molar-refractivity contribution < 1.29 is 4.74 Å². The van der Waals surface area contributed by atoms with Crippen molar-refractivity contribution >= 4 is 0 Å². The van der Waals surface area contributed by atoms with Crippen LogP contribution in [0.25, 0.3) is 0 Å². The second-order valence-corrected chi connectivity index (χ2v) is 8.01. The van der Waals surface area contributed by atoms with E-state index in [2.05, 4.69) is 67.2 Å². The number of ether oxygens (including phenoxy) is 1. The normalized spacial score (nSPS) is 21.5. The summed E-state index contributed by atoms with van der Waals surface area (Å²) in [5.41, 5.74) is 2.60. The molecule has 1 heterocycles. The molecule has 0 radical (unpaired) electrons. The van der Waals surface area contributed by atoms with Crippen LogP contribution in [0.3, 0.4) is 0 Å². The van der Waals surface area contributed by atoms with Gasteiger partial charge in [0.25, 0.3) is 0 Å². The summed E-state index contributed by atoms with van der Waals surface area (Å²) in [5, 5.41) is 0. The second-order valence-electron chi connectivity index (χ2n) is 8.01. The lowest BCUT2D eigenvalue weighted by Gasteiger charge is -2.35. The van der Waals surface area contributed by atoms with Gasteiger partial charge in [0.1, 0.15) is 5.75 Å². The Bertz CT molecular complexity index is 673. The molecule has 3 rings (SSSR count). The van der Waals surface area contributed by atoms with E-state index in [-0.39, 0.29) is 0 Å². The van der Waals surface area contributed by atoms with E-state index in [1.165, 1.54) is 36.8 Å². The summed E-state index contributed by atoms with van der Waals surface area (Å²) in [6.45, 7) is 6.65. The molecule has 2 aromatic rings. The zero-order valence-corrected chi connectivity index (χ0v) is 16.4. The Labute approximate surface area is 158 Å². The minimum absolute atomic E-state index is 0.364. The third-order valence-corrected chi connectivity index (χ3v) is 5.57. The van der Waals surface area contributed by atoms with Crippen LogP contribution in [0.5, 0.6) is 5.75 Å². The largest absolute Gasteiger partial charge is 0.490 e. The van der Waals surface area contributed by atoms with Gasteiger partial charge in [-0.25, -0.2) is 0 Å². The van der Waals surface area contributed by atoms with Crippen LogP contribution in [0.15, 0.2) is 48.8 Å². The monoisotopic (exact) mass is 352 g/mol. The fourth-order valence-corrected chi connectivity index (χ4v) is 4.19. The summed E-state index contributed by atoms with van der Waals surface area (Å²) in [5.74, 6) is 2.46. The van der Waals surface area contributed by atoms with Gasteiger partial charge in [0.15, 0.2) is 0 Å². The van der Waals surface area contributed by atoms with Crippen molar-refractivity contribution in [1.29, 1.82) is 0 Å². The Hall–Kier alpha value is -1.87. The van der Waals surface area contributed by atoms with Crippen LogP contribution >= 0.6 is 0 Å². The highest BCUT2D eigenvalue weighted by Gasteiger charge is 2.27. The number of pyridine rings is 1. The molecule has 1 aliphatic carbocycles. The highest BCUT2D eigenvalue weighted by atomic mass is 16.5. The molecule has 3 atom stereocenters. The van der Waals surface area contributed by atoms with Crippen LogP contribution in [0, 0.1) is 18.8 Å². The summed E-state index contributed by atoms with van der Waals surface area (Å²) in [6.07, 6.45) is 9.09. The van der Waals surface area contributed by atoms with Crippen molar-refractivity contribution in [2.45, 2.75) is 52.2 Å². The molecular weight excluding hydrogens is 320 g/mol. The van der Waals surface area contributed by atoms with Crippen LogP contribution in [0.4, 0.5) is 0 Å². The Morgan fingerprint density at radius 3 is 2.77 bits per heavy atom. The molecule has 1 aliphatic rings. The van der Waals surface area contributed by atoms with Gasteiger partial charge in [0.2, 0.25) is 0 Å². The number of rotatable bonds is 7. The molecule has 0 amide bonds. The average Bonchev–Trinajstić information content (AvgIpc) is 2.62. The molecule has 1 saturated carbocycles. The zero-order chi connectivity index (χ0) is 18.4. The predicted octanol–water partition coefficient (Wildman–Crippen LogP) is 5.10. The van der Waals surface area contributed by atoms with Gasteiger partial charge < -0.3 is 9.64 Å². The van der Waals surface area contributed by atoms with Crippen LogP contribution in [0.2, 0.25) is 0 Å². The number of hydrogen-bond donors (Lipinski definition) is 0. The number of hydrogen-bond acceptors (Lipinski definition) is 3. The summed E-state index contributed by atoms with van der Waals surface area (Å²) in [4.78, 5) is 6.54. The van der Waals surface area contributed by atoms with Gasteiger partial charge in [0.05, 0.1) is 6.10 Å². The molecule has 0 unspecified atom stereocenters. The van der Waals surface area contributed by atoms with Crippen molar-refractivity contribution in [3.8, 4) is 5.75 Å². The molecule has 1 fully saturated rings. The van der Waals surface area contributed by atoms with Gasteiger partial charge in [0, 0.05) is 25.5 Å². The molecule has 0 bridgehead atoms.